The first kappa shape index (κ1) is 24.5. The molecule has 1 aromatic heterocycles. The molecule has 0 unspecified atom stereocenters. The van der Waals surface area contributed by atoms with Gasteiger partial charge in [-0.2, -0.15) is 0 Å². The van der Waals surface area contributed by atoms with Crippen molar-refractivity contribution >= 4 is 22.6 Å². The van der Waals surface area contributed by atoms with Gasteiger partial charge in [-0.3, -0.25) is 4.90 Å². The molecule has 3 aromatic rings. The fraction of sp³-hybridized carbons (Fsp3) is 0.414. The lowest BCUT2D eigenvalue weighted by atomic mass is 9.72. The second-order valence-corrected chi connectivity index (χ2v) is 10.3. The van der Waals surface area contributed by atoms with E-state index in [2.05, 4.69) is 65.7 Å². The molecule has 6 nitrogen and oxygen atoms in total. The summed E-state index contributed by atoms with van der Waals surface area (Å²) in [5.41, 5.74) is 4.50. The van der Waals surface area contributed by atoms with Gasteiger partial charge >= 0.3 is 6.09 Å². The summed E-state index contributed by atoms with van der Waals surface area (Å²) in [4.78, 5) is 23.6. The zero-order valence-corrected chi connectivity index (χ0v) is 21.1. The van der Waals surface area contributed by atoms with E-state index in [1.165, 1.54) is 11.6 Å². The summed E-state index contributed by atoms with van der Waals surface area (Å²) in [6.45, 7) is 1.75. The highest BCUT2D eigenvalue weighted by atomic mass is 19.1. The number of fused-ring (bicyclic) bond motifs is 1. The third kappa shape index (κ3) is 5.04. The lowest BCUT2D eigenvalue weighted by molar-refractivity contribution is -0.0917. The minimum absolute atomic E-state index is 0.0622. The Morgan fingerprint density at radius 2 is 1.97 bits per heavy atom. The molecule has 0 spiro atoms. The maximum atomic E-state index is 13.7. The average Bonchev–Trinajstić information content (AvgIpc) is 3.31. The highest BCUT2D eigenvalue weighted by Gasteiger charge is 2.38. The fourth-order valence-corrected chi connectivity index (χ4v) is 5.82. The van der Waals surface area contributed by atoms with Gasteiger partial charge in [0.25, 0.3) is 0 Å². The van der Waals surface area contributed by atoms with E-state index >= 15 is 0 Å². The summed E-state index contributed by atoms with van der Waals surface area (Å²) < 4.78 is 13.7. The number of aromatic amines is 1. The molecule has 1 amide bonds. The summed E-state index contributed by atoms with van der Waals surface area (Å²) in [5.74, 6) is 0.205. The third-order valence-electron chi connectivity index (χ3n) is 8.01. The normalized spacial score (nSPS) is 23.0. The number of nitrogens with zero attached hydrogens (tertiary/aromatic N) is 2. The van der Waals surface area contributed by atoms with Gasteiger partial charge in [0.15, 0.2) is 0 Å². The van der Waals surface area contributed by atoms with E-state index in [1.54, 1.807) is 17.2 Å². The molecular formula is C29H35FN4O2. The van der Waals surface area contributed by atoms with Crippen molar-refractivity contribution in [2.75, 3.05) is 33.7 Å². The number of halogens is 1. The zero-order chi connectivity index (χ0) is 25.1. The molecule has 1 aliphatic carbocycles. The highest BCUT2D eigenvalue weighted by molar-refractivity contribution is 5.92. The Balaban J connectivity index is 1.10. The van der Waals surface area contributed by atoms with Crippen LogP contribution >= 0.6 is 0 Å². The van der Waals surface area contributed by atoms with Crippen LogP contribution < -0.4 is 5.32 Å². The molecule has 0 bridgehead atoms. The van der Waals surface area contributed by atoms with E-state index in [-0.39, 0.29) is 11.4 Å². The Kier molecular flexibility index (Phi) is 7.12. The van der Waals surface area contributed by atoms with E-state index in [4.69, 9.17) is 4.84 Å². The topological polar surface area (TPSA) is 60.6 Å². The fourth-order valence-electron chi connectivity index (χ4n) is 5.82. The van der Waals surface area contributed by atoms with E-state index in [1.807, 2.05) is 6.20 Å². The van der Waals surface area contributed by atoms with Gasteiger partial charge < -0.3 is 15.1 Å². The number of amides is 1. The molecule has 5 rings (SSSR count). The number of rotatable bonds is 6. The Morgan fingerprint density at radius 1 is 1.19 bits per heavy atom. The van der Waals surface area contributed by atoms with Crippen molar-refractivity contribution in [1.82, 2.24) is 20.3 Å². The number of H-pyrrole nitrogens is 1. The van der Waals surface area contributed by atoms with Crippen molar-refractivity contribution < 1.29 is 14.0 Å². The Bertz CT molecular complexity index is 1230. The van der Waals surface area contributed by atoms with Crippen LogP contribution in [0, 0.1) is 11.7 Å². The highest BCUT2D eigenvalue weighted by Crippen LogP contribution is 2.42. The van der Waals surface area contributed by atoms with Gasteiger partial charge in [-0.25, -0.2) is 9.18 Å². The van der Waals surface area contributed by atoms with Gasteiger partial charge in [0, 0.05) is 41.3 Å². The second-order valence-electron chi connectivity index (χ2n) is 10.3. The molecule has 0 atom stereocenters. The maximum Gasteiger partial charge on any atom is 0.426 e. The molecule has 0 saturated heterocycles. The molecule has 2 heterocycles. The first-order valence-corrected chi connectivity index (χ1v) is 12.8. The van der Waals surface area contributed by atoms with Crippen molar-refractivity contribution in [2.45, 2.75) is 37.6 Å². The molecule has 0 radical (unpaired) electrons. The quantitative estimate of drug-likeness (QED) is 0.466. The van der Waals surface area contributed by atoms with Crippen LogP contribution in [0.3, 0.4) is 0 Å². The zero-order valence-electron chi connectivity index (χ0n) is 21.1. The molecule has 1 aliphatic heterocycles. The van der Waals surface area contributed by atoms with Gasteiger partial charge in [0.1, 0.15) is 5.82 Å². The van der Waals surface area contributed by atoms with Gasteiger partial charge in [-0.1, -0.05) is 36.4 Å². The number of hydroxylamine groups is 2. The lowest BCUT2D eigenvalue weighted by Crippen LogP contribution is -2.46. The van der Waals surface area contributed by atoms with Crippen LogP contribution in [-0.2, 0) is 10.4 Å². The minimum Gasteiger partial charge on any atom is -0.361 e. The molecule has 2 aliphatic rings. The number of carbonyl (C=O) groups is 1. The SMILES string of the molecule is CN(C)C1(c2ccccc2)CCC(CNC(=O)ON2CC=C(c3c[nH]c4ccc(F)cc34)CC2)CC1. The lowest BCUT2D eigenvalue weighted by Gasteiger charge is -2.45. The third-order valence-corrected chi connectivity index (χ3v) is 8.01. The van der Waals surface area contributed by atoms with E-state index in [0.29, 0.717) is 25.6 Å². The predicted octanol–water partition coefficient (Wildman–Crippen LogP) is 5.68. The van der Waals surface area contributed by atoms with Crippen LogP contribution in [-0.4, -0.2) is 54.8 Å². The number of carbonyl (C=O) groups excluding carboxylic acids is 1. The molecule has 1 fully saturated rings. The molecule has 2 aromatic carbocycles. The summed E-state index contributed by atoms with van der Waals surface area (Å²) >= 11 is 0. The van der Waals surface area contributed by atoms with Gasteiger partial charge in [-0.05, 0) is 81.5 Å². The maximum absolute atomic E-state index is 13.7. The monoisotopic (exact) mass is 490 g/mol. The molecule has 2 N–H and O–H groups in total. The Hall–Kier alpha value is -3.16. The molecule has 1 saturated carbocycles. The first-order chi connectivity index (χ1) is 17.4. The van der Waals surface area contributed by atoms with Crippen molar-refractivity contribution in [2.24, 2.45) is 5.92 Å². The number of nitrogens with one attached hydrogen (secondary N) is 2. The summed E-state index contributed by atoms with van der Waals surface area (Å²) in [6, 6.07) is 15.5. The van der Waals surface area contributed by atoms with Crippen LogP contribution in [0.5, 0.6) is 0 Å². The molecule has 190 valence electrons. The largest absolute Gasteiger partial charge is 0.426 e. The number of benzene rings is 2. The van der Waals surface area contributed by atoms with Gasteiger partial charge in [-0.15, -0.1) is 5.06 Å². The first-order valence-electron chi connectivity index (χ1n) is 12.8. The predicted molar refractivity (Wildman–Crippen MR) is 141 cm³/mol. The van der Waals surface area contributed by atoms with E-state index < -0.39 is 6.09 Å². The number of hydrogen-bond donors (Lipinski definition) is 2. The van der Waals surface area contributed by atoms with Gasteiger partial charge in [0.05, 0.1) is 6.54 Å². The average molecular weight is 491 g/mol. The summed E-state index contributed by atoms with van der Waals surface area (Å²) in [7, 11) is 4.33. The van der Waals surface area contributed by atoms with Crippen LogP contribution in [0.2, 0.25) is 0 Å². The summed E-state index contributed by atoms with van der Waals surface area (Å²) in [6.07, 6.45) is 8.58. The summed E-state index contributed by atoms with van der Waals surface area (Å²) in [5, 5.41) is 5.54. The second kappa shape index (κ2) is 10.4. The molecular weight excluding hydrogens is 455 g/mol. The smallest absolute Gasteiger partial charge is 0.361 e. The molecule has 36 heavy (non-hydrogen) atoms. The Labute approximate surface area is 212 Å². The van der Waals surface area contributed by atoms with Crippen molar-refractivity contribution in [1.29, 1.82) is 0 Å². The van der Waals surface area contributed by atoms with Crippen LogP contribution in [0.15, 0.2) is 60.8 Å². The van der Waals surface area contributed by atoms with Gasteiger partial charge in [0.2, 0.25) is 0 Å². The van der Waals surface area contributed by atoms with Crippen LogP contribution in [0.4, 0.5) is 9.18 Å². The Morgan fingerprint density at radius 3 is 2.67 bits per heavy atom. The van der Waals surface area contributed by atoms with Crippen molar-refractivity contribution in [3.8, 4) is 0 Å². The standard InChI is InChI=1S/C29H35FN4O2/c1-33(2)29(23-6-4-3-5-7-23)14-10-21(11-15-29)19-32-28(35)36-34-16-12-22(13-17-34)26-20-31-27-9-8-24(30)18-25(26)27/h3-9,12,18,20-21,31H,10-11,13-17,19H2,1-2H3,(H,32,35). The van der Waals surface area contributed by atoms with Crippen molar-refractivity contribution in [3.63, 3.8) is 0 Å². The molecule has 7 heteroatoms. The minimum atomic E-state index is -0.395. The van der Waals surface area contributed by atoms with E-state index in [0.717, 1.165) is 54.1 Å². The number of aromatic nitrogens is 1. The van der Waals surface area contributed by atoms with E-state index in [9.17, 15) is 9.18 Å². The van der Waals surface area contributed by atoms with Crippen LogP contribution in [0.25, 0.3) is 16.5 Å². The van der Waals surface area contributed by atoms with Crippen LogP contribution in [0.1, 0.15) is 43.2 Å². The number of hydrogen-bond acceptors (Lipinski definition) is 4. The van der Waals surface area contributed by atoms with Crippen molar-refractivity contribution in [3.05, 3.63) is 77.7 Å².